The summed E-state index contributed by atoms with van der Waals surface area (Å²) in [4.78, 5) is 0. The number of ether oxygens (including phenoxy) is 2. The highest BCUT2D eigenvalue weighted by Gasteiger charge is 2.18. The molecule has 15 heavy (non-hydrogen) atoms. The Hall–Kier alpha value is -0.120. The van der Waals surface area contributed by atoms with E-state index in [1.165, 1.54) is 0 Å². The first-order valence-electron chi connectivity index (χ1n) is 5.90. The van der Waals surface area contributed by atoms with Gasteiger partial charge in [-0.1, -0.05) is 13.8 Å². The van der Waals surface area contributed by atoms with E-state index in [0.717, 1.165) is 26.0 Å². The molecule has 3 heteroatoms. The molecule has 0 radical (unpaired) electrons. The lowest BCUT2D eigenvalue weighted by Crippen LogP contribution is -2.38. The number of hydrogen-bond acceptors (Lipinski definition) is 3. The van der Waals surface area contributed by atoms with Crippen LogP contribution in [-0.2, 0) is 9.47 Å². The molecule has 1 N–H and O–H groups in total. The second-order valence-electron chi connectivity index (χ2n) is 4.20. The largest absolute Gasteiger partial charge is 0.385 e. The molecule has 0 aliphatic carbocycles. The molecule has 0 fully saturated rings. The van der Waals surface area contributed by atoms with Crippen molar-refractivity contribution in [3.63, 3.8) is 0 Å². The van der Waals surface area contributed by atoms with Crippen molar-refractivity contribution in [2.24, 2.45) is 5.92 Å². The maximum absolute atomic E-state index is 5.31. The minimum atomic E-state index is 0.319. The molecule has 0 saturated carbocycles. The van der Waals surface area contributed by atoms with Crippen molar-refractivity contribution in [2.45, 2.75) is 45.8 Å². The quantitative estimate of drug-likeness (QED) is 0.641. The molecule has 0 heterocycles. The first-order valence-corrected chi connectivity index (χ1v) is 5.90. The predicted octanol–water partition coefficient (Wildman–Crippen LogP) is 2.06. The van der Waals surface area contributed by atoms with Gasteiger partial charge in [-0.15, -0.1) is 0 Å². The number of nitrogens with one attached hydrogen (secondary N) is 1. The van der Waals surface area contributed by atoms with Crippen LogP contribution >= 0.6 is 0 Å². The normalized spacial score (nSPS) is 17.4. The smallest absolute Gasteiger partial charge is 0.0558 e. The zero-order chi connectivity index (χ0) is 11.7. The molecule has 0 aliphatic heterocycles. The third-order valence-electron chi connectivity index (χ3n) is 2.92. The summed E-state index contributed by atoms with van der Waals surface area (Å²) in [6.45, 7) is 8.39. The van der Waals surface area contributed by atoms with E-state index in [4.69, 9.17) is 9.47 Å². The van der Waals surface area contributed by atoms with Crippen LogP contribution < -0.4 is 5.32 Å². The molecule has 0 amide bonds. The standard InChI is InChI=1S/C12H27NO2/c1-6-13-12(9-11(3)15-5)10(2)7-8-14-4/h10-13H,6-9H2,1-5H3. The van der Waals surface area contributed by atoms with Crippen molar-refractivity contribution < 1.29 is 9.47 Å². The summed E-state index contributed by atoms with van der Waals surface area (Å²) in [5, 5.41) is 3.52. The van der Waals surface area contributed by atoms with E-state index >= 15 is 0 Å². The molecule has 0 aromatic carbocycles. The lowest BCUT2D eigenvalue weighted by molar-refractivity contribution is 0.0884. The molecular formula is C12H27NO2. The Morgan fingerprint density at radius 3 is 2.33 bits per heavy atom. The second kappa shape index (κ2) is 9.13. The fourth-order valence-electron chi connectivity index (χ4n) is 1.74. The van der Waals surface area contributed by atoms with E-state index in [1.54, 1.807) is 14.2 Å². The van der Waals surface area contributed by atoms with E-state index in [9.17, 15) is 0 Å². The zero-order valence-corrected chi connectivity index (χ0v) is 10.9. The summed E-state index contributed by atoms with van der Waals surface area (Å²) in [5.74, 6) is 0.627. The third kappa shape index (κ3) is 6.88. The van der Waals surface area contributed by atoms with Crippen molar-refractivity contribution in [1.29, 1.82) is 0 Å². The van der Waals surface area contributed by atoms with Gasteiger partial charge in [-0.25, -0.2) is 0 Å². The Kier molecular flexibility index (Phi) is 9.06. The molecule has 3 unspecified atom stereocenters. The van der Waals surface area contributed by atoms with Gasteiger partial charge in [0.25, 0.3) is 0 Å². The summed E-state index contributed by atoms with van der Waals surface area (Å²) in [7, 11) is 3.53. The number of hydrogen-bond donors (Lipinski definition) is 1. The first kappa shape index (κ1) is 14.9. The van der Waals surface area contributed by atoms with Crippen molar-refractivity contribution in [3.05, 3.63) is 0 Å². The molecule has 0 spiro atoms. The van der Waals surface area contributed by atoms with Crippen LogP contribution in [0.5, 0.6) is 0 Å². The summed E-state index contributed by atoms with van der Waals surface area (Å²) in [6.07, 6.45) is 2.49. The van der Waals surface area contributed by atoms with Crippen LogP contribution in [0.25, 0.3) is 0 Å². The van der Waals surface area contributed by atoms with Gasteiger partial charge in [0.15, 0.2) is 0 Å². The molecular weight excluding hydrogens is 190 g/mol. The zero-order valence-electron chi connectivity index (χ0n) is 10.9. The molecule has 0 aromatic heterocycles. The van der Waals surface area contributed by atoms with Gasteiger partial charge in [-0.2, -0.15) is 0 Å². The average Bonchev–Trinajstić information content (AvgIpc) is 2.24. The van der Waals surface area contributed by atoms with Crippen LogP contribution in [0, 0.1) is 5.92 Å². The highest BCUT2D eigenvalue weighted by atomic mass is 16.5. The average molecular weight is 217 g/mol. The highest BCUT2D eigenvalue weighted by molar-refractivity contribution is 4.75. The topological polar surface area (TPSA) is 30.5 Å². The Balaban J connectivity index is 3.99. The molecule has 0 bridgehead atoms. The molecule has 0 aromatic rings. The molecule has 0 saturated heterocycles. The monoisotopic (exact) mass is 217 g/mol. The third-order valence-corrected chi connectivity index (χ3v) is 2.92. The van der Waals surface area contributed by atoms with E-state index in [1.807, 2.05) is 0 Å². The Labute approximate surface area is 94.5 Å². The number of methoxy groups -OCH3 is 2. The van der Waals surface area contributed by atoms with Crippen LogP contribution in [-0.4, -0.2) is 39.5 Å². The van der Waals surface area contributed by atoms with Crippen LogP contribution in [0.3, 0.4) is 0 Å². The van der Waals surface area contributed by atoms with Crippen LogP contribution in [0.4, 0.5) is 0 Å². The van der Waals surface area contributed by atoms with E-state index in [2.05, 4.69) is 26.1 Å². The van der Waals surface area contributed by atoms with Gasteiger partial charge < -0.3 is 14.8 Å². The summed E-state index contributed by atoms with van der Waals surface area (Å²) in [6, 6.07) is 0.528. The van der Waals surface area contributed by atoms with E-state index in [0.29, 0.717) is 18.1 Å². The molecule has 92 valence electrons. The van der Waals surface area contributed by atoms with Crippen LogP contribution in [0.2, 0.25) is 0 Å². The van der Waals surface area contributed by atoms with Gasteiger partial charge in [-0.3, -0.25) is 0 Å². The van der Waals surface area contributed by atoms with Crippen molar-refractivity contribution in [1.82, 2.24) is 5.32 Å². The van der Waals surface area contributed by atoms with Gasteiger partial charge >= 0.3 is 0 Å². The lowest BCUT2D eigenvalue weighted by atomic mass is 9.94. The fourth-order valence-corrected chi connectivity index (χ4v) is 1.74. The molecule has 3 nitrogen and oxygen atoms in total. The van der Waals surface area contributed by atoms with Gasteiger partial charge in [-0.05, 0) is 32.2 Å². The second-order valence-corrected chi connectivity index (χ2v) is 4.20. The van der Waals surface area contributed by atoms with Crippen LogP contribution in [0.1, 0.15) is 33.6 Å². The predicted molar refractivity (Wildman–Crippen MR) is 64.2 cm³/mol. The lowest BCUT2D eigenvalue weighted by Gasteiger charge is -2.27. The van der Waals surface area contributed by atoms with Gasteiger partial charge in [0.05, 0.1) is 6.10 Å². The summed E-state index contributed by atoms with van der Waals surface area (Å²) in [5.41, 5.74) is 0. The van der Waals surface area contributed by atoms with Crippen LogP contribution in [0.15, 0.2) is 0 Å². The van der Waals surface area contributed by atoms with Crippen molar-refractivity contribution in [3.8, 4) is 0 Å². The van der Waals surface area contributed by atoms with Gasteiger partial charge in [0.1, 0.15) is 0 Å². The molecule has 3 atom stereocenters. The Morgan fingerprint density at radius 2 is 1.87 bits per heavy atom. The maximum Gasteiger partial charge on any atom is 0.0558 e. The van der Waals surface area contributed by atoms with Gasteiger partial charge in [0, 0.05) is 26.9 Å². The van der Waals surface area contributed by atoms with E-state index < -0.39 is 0 Å². The minimum absolute atomic E-state index is 0.319. The number of rotatable bonds is 9. The van der Waals surface area contributed by atoms with Crippen molar-refractivity contribution >= 4 is 0 Å². The summed E-state index contributed by atoms with van der Waals surface area (Å²) < 4.78 is 10.4. The Morgan fingerprint density at radius 1 is 1.20 bits per heavy atom. The SMILES string of the molecule is CCNC(CC(C)OC)C(C)CCOC. The minimum Gasteiger partial charge on any atom is -0.385 e. The fraction of sp³-hybridized carbons (Fsp3) is 1.00. The maximum atomic E-state index is 5.31. The van der Waals surface area contributed by atoms with Gasteiger partial charge in [0.2, 0.25) is 0 Å². The van der Waals surface area contributed by atoms with E-state index in [-0.39, 0.29) is 0 Å². The first-order chi connectivity index (χ1) is 7.15. The molecule has 0 aliphatic rings. The van der Waals surface area contributed by atoms with Crippen molar-refractivity contribution in [2.75, 3.05) is 27.4 Å². The summed E-state index contributed by atoms with van der Waals surface area (Å²) >= 11 is 0. The molecule has 0 rings (SSSR count). The highest BCUT2D eigenvalue weighted by Crippen LogP contribution is 2.14. The Bertz CT molecular complexity index is 142.